The first-order valence-electron chi connectivity index (χ1n) is 9.50. The first-order valence-corrected chi connectivity index (χ1v) is 10.9. The van der Waals surface area contributed by atoms with E-state index in [-0.39, 0.29) is 36.6 Å². The van der Waals surface area contributed by atoms with Gasteiger partial charge in [0.15, 0.2) is 5.76 Å². The van der Waals surface area contributed by atoms with Crippen molar-refractivity contribution in [3.63, 3.8) is 0 Å². The van der Waals surface area contributed by atoms with Gasteiger partial charge in [-0.3, -0.25) is 4.79 Å². The highest BCUT2D eigenvalue weighted by Crippen LogP contribution is 2.38. The number of furan rings is 1. The average molecular weight is 461 g/mol. The zero-order valence-corrected chi connectivity index (χ0v) is 17.7. The van der Waals surface area contributed by atoms with Crippen molar-refractivity contribution < 1.29 is 40.3 Å². The van der Waals surface area contributed by atoms with Crippen molar-refractivity contribution in [1.29, 1.82) is 0 Å². The number of aryl methyl sites for hydroxylation is 1. The van der Waals surface area contributed by atoms with Crippen LogP contribution in [0.5, 0.6) is 5.75 Å². The number of alkyl halides is 3. The Morgan fingerprint density at radius 1 is 1.13 bits per heavy atom. The van der Waals surface area contributed by atoms with E-state index in [2.05, 4.69) is 0 Å². The first kappa shape index (κ1) is 23.1. The molecule has 170 valence electrons. The van der Waals surface area contributed by atoms with E-state index in [1.54, 1.807) is 0 Å². The number of ether oxygens (including phenoxy) is 2. The molecule has 1 aliphatic rings. The zero-order valence-electron chi connectivity index (χ0n) is 16.9. The number of piperidine rings is 1. The molecule has 1 atom stereocenters. The van der Waals surface area contributed by atoms with Crippen LogP contribution in [0.4, 0.5) is 13.2 Å². The second-order valence-corrected chi connectivity index (χ2v) is 9.10. The number of methoxy groups -OCH3 is 1. The van der Waals surface area contributed by atoms with Crippen LogP contribution in [0, 0.1) is 12.8 Å². The second kappa shape index (κ2) is 8.91. The molecule has 0 saturated carbocycles. The van der Waals surface area contributed by atoms with Crippen molar-refractivity contribution >= 4 is 16.0 Å². The normalized spacial score (nSPS) is 17.3. The Bertz CT molecular complexity index is 1010. The lowest BCUT2D eigenvalue weighted by molar-refractivity contribution is -0.230. The number of nitrogens with zero attached hydrogens (tertiary/aromatic N) is 1. The summed E-state index contributed by atoms with van der Waals surface area (Å²) in [6, 6.07) is 8.33. The minimum Gasteiger partial charge on any atom is -0.497 e. The van der Waals surface area contributed by atoms with E-state index in [0.29, 0.717) is 5.75 Å². The van der Waals surface area contributed by atoms with Crippen LogP contribution in [-0.2, 0) is 19.6 Å². The van der Waals surface area contributed by atoms with Crippen LogP contribution in [0.3, 0.4) is 0 Å². The van der Waals surface area contributed by atoms with Gasteiger partial charge in [0.1, 0.15) is 11.5 Å². The van der Waals surface area contributed by atoms with Gasteiger partial charge < -0.3 is 13.9 Å². The van der Waals surface area contributed by atoms with Crippen molar-refractivity contribution in [1.82, 2.24) is 4.31 Å². The third-order valence-corrected chi connectivity index (χ3v) is 6.95. The molecule has 0 unspecified atom stereocenters. The Kier molecular flexibility index (Phi) is 6.65. The van der Waals surface area contributed by atoms with Crippen LogP contribution < -0.4 is 4.74 Å². The molecule has 31 heavy (non-hydrogen) atoms. The molecule has 1 fully saturated rings. The Labute approximate surface area is 177 Å². The summed E-state index contributed by atoms with van der Waals surface area (Å²) < 4.78 is 81.6. The monoisotopic (exact) mass is 461 g/mol. The molecule has 2 heterocycles. The van der Waals surface area contributed by atoms with E-state index in [4.69, 9.17) is 13.9 Å². The molecule has 0 bridgehead atoms. The number of sulfonamides is 1. The quantitative estimate of drug-likeness (QED) is 0.608. The highest BCUT2D eigenvalue weighted by atomic mass is 32.2. The summed E-state index contributed by atoms with van der Waals surface area (Å²) in [7, 11) is -2.33. The van der Waals surface area contributed by atoms with Gasteiger partial charge in [-0.2, -0.15) is 17.5 Å². The van der Waals surface area contributed by atoms with Crippen molar-refractivity contribution in [2.24, 2.45) is 5.92 Å². The molecule has 1 aromatic heterocycles. The number of esters is 1. The molecule has 3 rings (SSSR count). The Morgan fingerprint density at radius 3 is 2.23 bits per heavy atom. The van der Waals surface area contributed by atoms with Gasteiger partial charge in [-0.15, -0.1) is 0 Å². The lowest BCUT2D eigenvalue weighted by Crippen LogP contribution is -2.41. The van der Waals surface area contributed by atoms with Crippen molar-refractivity contribution in [2.75, 3.05) is 20.2 Å². The fraction of sp³-hybridized carbons (Fsp3) is 0.450. The van der Waals surface area contributed by atoms with Crippen molar-refractivity contribution in [2.45, 2.75) is 36.9 Å². The second-order valence-electron chi connectivity index (χ2n) is 7.16. The molecule has 0 spiro atoms. The summed E-state index contributed by atoms with van der Waals surface area (Å²) in [6.07, 6.45) is -7.24. The van der Waals surface area contributed by atoms with Gasteiger partial charge in [0, 0.05) is 13.1 Å². The smallest absolute Gasteiger partial charge is 0.432 e. The zero-order chi connectivity index (χ0) is 22.8. The fourth-order valence-corrected chi connectivity index (χ4v) is 4.79. The van der Waals surface area contributed by atoms with Crippen LogP contribution in [-0.4, -0.2) is 45.1 Å². The maximum atomic E-state index is 13.4. The average Bonchev–Trinajstić information content (AvgIpc) is 3.16. The molecule has 0 N–H and O–H groups in total. The fourth-order valence-electron chi connectivity index (χ4n) is 3.32. The molecular formula is C20H22F3NO6S. The summed E-state index contributed by atoms with van der Waals surface area (Å²) in [5, 5.41) is 0. The van der Waals surface area contributed by atoms with Gasteiger partial charge in [0.2, 0.25) is 10.0 Å². The van der Waals surface area contributed by atoms with Gasteiger partial charge in [0.05, 0.1) is 17.9 Å². The maximum absolute atomic E-state index is 13.4. The van der Waals surface area contributed by atoms with Crippen LogP contribution in [0.15, 0.2) is 45.7 Å². The molecule has 7 nitrogen and oxygen atoms in total. The number of halogens is 3. The minimum atomic E-state index is -4.83. The number of hydrogen-bond acceptors (Lipinski definition) is 6. The van der Waals surface area contributed by atoms with E-state index >= 15 is 0 Å². The molecule has 1 aliphatic heterocycles. The van der Waals surface area contributed by atoms with Gasteiger partial charge in [-0.1, -0.05) is 0 Å². The molecule has 1 saturated heterocycles. The topological polar surface area (TPSA) is 86.1 Å². The standard InChI is InChI=1S/C20H22F3NO6S/c1-13-3-8-17(29-13)18(20(21,22)23)30-19(25)14-9-11-24(12-10-14)31(26,27)16-6-4-15(28-2)5-7-16/h3-8,14,18H,9-12H2,1-2H3/t18-/m1/s1. The number of carbonyl (C=O) groups is 1. The molecule has 0 amide bonds. The largest absolute Gasteiger partial charge is 0.497 e. The molecule has 11 heteroatoms. The minimum absolute atomic E-state index is 0.00925. The molecule has 1 aromatic carbocycles. The Balaban J connectivity index is 1.64. The number of rotatable bonds is 6. The first-order chi connectivity index (χ1) is 14.5. The van der Waals surface area contributed by atoms with Crippen LogP contribution in [0.1, 0.15) is 30.5 Å². The lowest BCUT2D eigenvalue weighted by Gasteiger charge is -2.31. The number of hydrogen-bond donors (Lipinski definition) is 0. The van der Waals surface area contributed by atoms with Crippen LogP contribution in [0.2, 0.25) is 0 Å². The number of benzene rings is 1. The van der Waals surface area contributed by atoms with Crippen molar-refractivity contribution in [3.8, 4) is 5.75 Å². The van der Waals surface area contributed by atoms with Crippen LogP contribution in [0.25, 0.3) is 0 Å². The Morgan fingerprint density at radius 2 is 1.74 bits per heavy atom. The highest BCUT2D eigenvalue weighted by Gasteiger charge is 2.47. The predicted octanol–water partition coefficient (Wildman–Crippen LogP) is 3.84. The maximum Gasteiger partial charge on any atom is 0.432 e. The lowest BCUT2D eigenvalue weighted by atomic mass is 9.98. The summed E-state index contributed by atoms with van der Waals surface area (Å²) >= 11 is 0. The van der Waals surface area contributed by atoms with E-state index in [0.717, 1.165) is 6.07 Å². The SMILES string of the molecule is COc1ccc(S(=O)(=O)N2CCC(C(=O)O[C@H](c3ccc(C)o3)C(F)(F)F)CC2)cc1. The van der Waals surface area contributed by atoms with Crippen molar-refractivity contribution in [3.05, 3.63) is 47.9 Å². The Hall–Kier alpha value is -2.53. The van der Waals surface area contributed by atoms with Gasteiger partial charge in [-0.05, 0) is 56.2 Å². The summed E-state index contributed by atoms with van der Waals surface area (Å²) in [5.41, 5.74) is 0. The molecule has 0 aliphatic carbocycles. The molecule has 2 aromatic rings. The summed E-state index contributed by atoms with van der Waals surface area (Å²) in [4.78, 5) is 12.5. The molecular weight excluding hydrogens is 439 g/mol. The third kappa shape index (κ3) is 5.21. The summed E-state index contributed by atoms with van der Waals surface area (Å²) in [6.45, 7) is 1.47. The van der Waals surface area contributed by atoms with E-state index in [9.17, 15) is 26.4 Å². The van der Waals surface area contributed by atoms with Gasteiger partial charge in [0.25, 0.3) is 6.10 Å². The predicted molar refractivity (Wildman–Crippen MR) is 103 cm³/mol. The van der Waals surface area contributed by atoms with Gasteiger partial charge in [-0.25, -0.2) is 8.42 Å². The highest BCUT2D eigenvalue weighted by molar-refractivity contribution is 7.89. The van der Waals surface area contributed by atoms with E-state index in [1.807, 2.05) is 0 Å². The summed E-state index contributed by atoms with van der Waals surface area (Å²) in [5.74, 6) is -1.61. The van der Waals surface area contributed by atoms with Crippen LogP contribution >= 0.6 is 0 Å². The van der Waals surface area contributed by atoms with Gasteiger partial charge >= 0.3 is 12.1 Å². The molecule has 0 radical (unpaired) electrons. The van der Waals surface area contributed by atoms with E-state index in [1.165, 1.54) is 48.7 Å². The number of carbonyl (C=O) groups excluding carboxylic acids is 1. The third-order valence-electron chi connectivity index (χ3n) is 5.04. The van der Waals surface area contributed by atoms with E-state index < -0.39 is 40.0 Å².